The summed E-state index contributed by atoms with van der Waals surface area (Å²) in [6.45, 7) is 0. The van der Waals surface area contributed by atoms with Gasteiger partial charge in [-0.1, -0.05) is 48.5 Å². The molecule has 1 heterocycles. The van der Waals surface area contributed by atoms with Gasteiger partial charge in [0.15, 0.2) is 0 Å². The zero-order valence-corrected chi connectivity index (χ0v) is 11.8. The molecule has 0 fully saturated rings. The van der Waals surface area contributed by atoms with Crippen molar-refractivity contribution >= 4 is 17.6 Å². The quantitative estimate of drug-likeness (QED) is 0.782. The number of hydrogen-bond donors (Lipinski definition) is 1. The number of carboxylic acid groups (broad SMARTS) is 1. The van der Waals surface area contributed by atoms with Crippen molar-refractivity contribution in [2.75, 3.05) is 0 Å². The maximum absolute atomic E-state index is 10.9. The molecule has 3 aromatic rings. The van der Waals surface area contributed by atoms with Crippen LogP contribution in [0.4, 0.5) is 4.79 Å². The van der Waals surface area contributed by atoms with Crippen LogP contribution in [0.5, 0.6) is 0 Å². The fraction of sp³-hybridized carbons (Fsp3) is 0. The Bertz CT molecular complexity index is 820. The van der Waals surface area contributed by atoms with Crippen LogP contribution < -0.4 is 4.67 Å². The maximum atomic E-state index is 10.9. The molecule has 0 aliphatic rings. The van der Waals surface area contributed by atoms with E-state index in [0.717, 1.165) is 16.8 Å². The lowest BCUT2D eigenvalue weighted by molar-refractivity contribution is 0.205. The molecule has 3 rings (SSSR count). The van der Waals surface area contributed by atoms with Crippen LogP contribution >= 0.6 is 11.5 Å². The number of hydrogen-bond acceptors (Lipinski definition) is 2. The monoisotopic (exact) mass is 296 g/mol. The highest BCUT2D eigenvalue weighted by Crippen LogP contribution is 2.20. The second-order valence-corrected chi connectivity index (χ2v) is 5.32. The first kappa shape index (κ1) is 13.3. The summed E-state index contributed by atoms with van der Waals surface area (Å²) in [6, 6.07) is 19.4. The second kappa shape index (κ2) is 5.76. The molecule has 0 saturated carbocycles. The molecule has 0 aliphatic heterocycles. The van der Waals surface area contributed by atoms with Crippen LogP contribution in [0.3, 0.4) is 0 Å². The van der Waals surface area contributed by atoms with Crippen molar-refractivity contribution in [2.45, 2.75) is 0 Å². The molecule has 104 valence electrons. The first-order valence-electron chi connectivity index (χ1n) is 6.35. The van der Waals surface area contributed by atoms with Gasteiger partial charge in [-0.25, -0.2) is 4.79 Å². The molecule has 1 aromatic heterocycles. The first-order chi connectivity index (χ1) is 10.2. The average Bonchev–Trinajstić information content (AvgIpc) is 2.92. The minimum atomic E-state index is -1.19. The molecule has 1 N–H and O–H groups in total. The normalized spacial score (nSPS) is 11.5. The van der Waals surface area contributed by atoms with Gasteiger partial charge in [0.2, 0.25) is 0 Å². The Morgan fingerprint density at radius 2 is 1.62 bits per heavy atom. The summed E-state index contributed by atoms with van der Waals surface area (Å²) in [4.78, 5) is 14.6. The highest BCUT2D eigenvalue weighted by Gasteiger charge is 2.08. The van der Waals surface area contributed by atoms with Gasteiger partial charge in [-0.15, -0.1) is 0 Å². The summed E-state index contributed by atoms with van der Waals surface area (Å²) in [5.41, 5.74) is 2.74. The van der Waals surface area contributed by atoms with Crippen LogP contribution in [0.1, 0.15) is 0 Å². The number of nitrogens with zero attached hydrogens (tertiary/aromatic N) is 2. The van der Waals surface area contributed by atoms with E-state index in [4.69, 9.17) is 5.11 Å². The minimum Gasteiger partial charge on any atom is -0.463 e. The topological polar surface area (TPSA) is 54.6 Å². The van der Waals surface area contributed by atoms with Gasteiger partial charge in [0.1, 0.15) is 4.67 Å². The Kier molecular flexibility index (Phi) is 3.66. The number of rotatable bonds is 2. The molecule has 0 unspecified atom stereocenters. The van der Waals surface area contributed by atoms with E-state index in [1.807, 2.05) is 70.8 Å². The van der Waals surface area contributed by atoms with Gasteiger partial charge >= 0.3 is 6.09 Å². The van der Waals surface area contributed by atoms with Crippen LogP contribution in [0.2, 0.25) is 0 Å². The van der Waals surface area contributed by atoms with Gasteiger partial charge in [0.25, 0.3) is 0 Å². The SMILES string of the molecule is O=C(O)N=c1sn(-c2ccccc2)cc1-c1ccccc1. The zero-order valence-electron chi connectivity index (χ0n) is 11.0. The summed E-state index contributed by atoms with van der Waals surface area (Å²) in [6.07, 6.45) is 0.728. The average molecular weight is 296 g/mol. The summed E-state index contributed by atoms with van der Waals surface area (Å²) in [7, 11) is 0. The van der Waals surface area contributed by atoms with E-state index >= 15 is 0 Å². The number of amides is 1. The highest BCUT2D eigenvalue weighted by molar-refractivity contribution is 7.04. The molecule has 5 heteroatoms. The molecular formula is C16H12N2O2S. The molecule has 4 nitrogen and oxygen atoms in total. The van der Waals surface area contributed by atoms with E-state index in [1.165, 1.54) is 11.5 Å². The lowest BCUT2D eigenvalue weighted by Gasteiger charge is -1.99. The Hall–Kier alpha value is -2.66. The van der Waals surface area contributed by atoms with E-state index in [2.05, 4.69) is 4.99 Å². The number of aromatic nitrogens is 1. The molecule has 0 aliphatic carbocycles. The lowest BCUT2D eigenvalue weighted by Crippen LogP contribution is -2.02. The summed E-state index contributed by atoms with van der Waals surface area (Å²) >= 11 is 1.30. The van der Waals surface area contributed by atoms with Crippen molar-refractivity contribution in [2.24, 2.45) is 4.99 Å². The number of carbonyl (C=O) groups is 1. The third kappa shape index (κ3) is 2.93. The standard InChI is InChI=1S/C16H12N2O2S/c19-16(20)17-15-14(12-7-3-1-4-8-12)11-18(21-15)13-9-5-2-6-10-13/h1-11H,(H,19,20). The Labute approximate surface area is 125 Å². The van der Waals surface area contributed by atoms with Gasteiger partial charge in [-0.3, -0.25) is 3.96 Å². The van der Waals surface area contributed by atoms with Gasteiger partial charge in [0, 0.05) is 11.8 Å². The number of para-hydroxylation sites is 1. The molecule has 0 saturated heterocycles. The molecule has 0 atom stereocenters. The van der Waals surface area contributed by atoms with Gasteiger partial charge in [0.05, 0.1) is 5.69 Å². The van der Waals surface area contributed by atoms with Crippen molar-refractivity contribution in [3.05, 3.63) is 71.5 Å². The Morgan fingerprint density at radius 1 is 1.00 bits per heavy atom. The van der Waals surface area contributed by atoms with Gasteiger partial charge < -0.3 is 5.11 Å². The van der Waals surface area contributed by atoms with Crippen molar-refractivity contribution in [1.82, 2.24) is 3.96 Å². The van der Waals surface area contributed by atoms with E-state index in [0.29, 0.717) is 4.67 Å². The van der Waals surface area contributed by atoms with Crippen LogP contribution in [-0.4, -0.2) is 15.2 Å². The van der Waals surface area contributed by atoms with E-state index in [9.17, 15) is 4.79 Å². The molecule has 0 radical (unpaired) electrons. The minimum absolute atomic E-state index is 0.484. The zero-order chi connectivity index (χ0) is 14.7. The fourth-order valence-electron chi connectivity index (χ4n) is 2.03. The van der Waals surface area contributed by atoms with E-state index in [-0.39, 0.29) is 0 Å². The largest absolute Gasteiger partial charge is 0.463 e. The third-order valence-electron chi connectivity index (χ3n) is 2.95. The van der Waals surface area contributed by atoms with Gasteiger partial charge in [-0.2, -0.15) is 4.99 Å². The van der Waals surface area contributed by atoms with Crippen molar-refractivity contribution in [3.8, 4) is 16.8 Å². The summed E-state index contributed by atoms with van der Waals surface area (Å²) in [5, 5.41) is 8.95. The maximum Gasteiger partial charge on any atom is 0.432 e. The second-order valence-electron chi connectivity index (χ2n) is 4.36. The number of benzene rings is 2. The smallest absolute Gasteiger partial charge is 0.432 e. The van der Waals surface area contributed by atoms with Crippen molar-refractivity contribution in [3.63, 3.8) is 0 Å². The molecular weight excluding hydrogens is 284 g/mol. The summed E-state index contributed by atoms with van der Waals surface area (Å²) < 4.78 is 2.40. The molecule has 2 aromatic carbocycles. The van der Waals surface area contributed by atoms with Crippen LogP contribution in [0.15, 0.2) is 71.9 Å². The molecule has 0 bridgehead atoms. The van der Waals surface area contributed by atoms with Crippen LogP contribution in [0, 0.1) is 0 Å². The predicted octanol–water partition coefficient (Wildman–Crippen LogP) is 3.78. The molecule has 0 spiro atoms. The summed E-state index contributed by atoms with van der Waals surface area (Å²) in [5.74, 6) is 0. The first-order valence-corrected chi connectivity index (χ1v) is 7.13. The van der Waals surface area contributed by atoms with Crippen LogP contribution in [0.25, 0.3) is 16.8 Å². The van der Waals surface area contributed by atoms with Gasteiger partial charge in [-0.05, 0) is 29.2 Å². The van der Waals surface area contributed by atoms with Crippen molar-refractivity contribution < 1.29 is 9.90 Å². The predicted molar refractivity (Wildman–Crippen MR) is 82.7 cm³/mol. The third-order valence-corrected chi connectivity index (χ3v) is 3.95. The van der Waals surface area contributed by atoms with E-state index in [1.54, 1.807) is 0 Å². The Morgan fingerprint density at radius 3 is 2.24 bits per heavy atom. The highest BCUT2D eigenvalue weighted by atomic mass is 32.1. The van der Waals surface area contributed by atoms with Crippen LogP contribution in [-0.2, 0) is 0 Å². The fourth-order valence-corrected chi connectivity index (χ4v) is 2.99. The van der Waals surface area contributed by atoms with E-state index < -0.39 is 6.09 Å². The van der Waals surface area contributed by atoms with Crippen molar-refractivity contribution in [1.29, 1.82) is 0 Å². The Balaban J connectivity index is 2.20. The lowest BCUT2D eigenvalue weighted by atomic mass is 10.1. The molecule has 1 amide bonds. The molecule has 21 heavy (non-hydrogen) atoms.